The van der Waals surface area contributed by atoms with Gasteiger partial charge in [0, 0.05) is 12.7 Å². The maximum Gasteiger partial charge on any atom is 0.433 e. The maximum atomic E-state index is 12.4. The normalized spacial score (nSPS) is 25.9. The number of halogens is 3. The van der Waals surface area contributed by atoms with Gasteiger partial charge in [-0.25, -0.2) is 0 Å². The molecule has 1 aromatic heterocycles. The summed E-state index contributed by atoms with van der Waals surface area (Å²) in [5.74, 6) is -0.281. The third-order valence-corrected chi connectivity index (χ3v) is 3.46. The van der Waals surface area contributed by atoms with Gasteiger partial charge in [0.25, 0.3) is 5.91 Å². The number of likely N-dealkylation sites (tertiary alicyclic amines) is 1. The van der Waals surface area contributed by atoms with Gasteiger partial charge < -0.3 is 9.64 Å². The Labute approximate surface area is 107 Å². The number of aromatic nitrogens is 1. The van der Waals surface area contributed by atoms with Crippen LogP contribution in [0.3, 0.4) is 0 Å². The van der Waals surface area contributed by atoms with E-state index in [2.05, 4.69) is 4.98 Å². The molecular weight excluding hydrogens is 261 g/mol. The molecule has 0 saturated carbocycles. The van der Waals surface area contributed by atoms with Gasteiger partial charge in [-0.1, -0.05) is 0 Å². The number of hydrogen-bond donors (Lipinski definition) is 0. The third-order valence-electron chi connectivity index (χ3n) is 3.46. The molecule has 0 spiro atoms. The number of carbonyl (C=O) groups excluding carboxylic acids is 1. The van der Waals surface area contributed by atoms with Crippen molar-refractivity contribution < 1.29 is 22.7 Å². The lowest BCUT2D eigenvalue weighted by molar-refractivity contribution is -0.141. The van der Waals surface area contributed by atoms with E-state index >= 15 is 0 Å². The molecule has 2 bridgehead atoms. The van der Waals surface area contributed by atoms with Crippen LogP contribution in [0.25, 0.3) is 0 Å². The van der Waals surface area contributed by atoms with Crippen LogP contribution in [0.1, 0.15) is 22.5 Å². The number of rotatable bonds is 1. The number of hydrogen-bond acceptors (Lipinski definition) is 3. The predicted octanol–water partition coefficient (Wildman–Crippen LogP) is 1.71. The van der Waals surface area contributed by atoms with Gasteiger partial charge in [-0.3, -0.25) is 9.78 Å². The largest absolute Gasteiger partial charge is 0.433 e. The number of ether oxygens (including phenoxy) is 1. The van der Waals surface area contributed by atoms with Gasteiger partial charge in [-0.2, -0.15) is 13.2 Å². The van der Waals surface area contributed by atoms with Crippen LogP contribution in [0.5, 0.6) is 0 Å². The summed E-state index contributed by atoms with van der Waals surface area (Å²) >= 11 is 0. The molecular formula is C12H11F3N2O2. The van der Waals surface area contributed by atoms with Crippen LogP contribution in [-0.4, -0.2) is 41.1 Å². The minimum absolute atomic E-state index is 0.0415. The second kappa shape index (κ2) is 4.19. The number of fused-ring (bicyclic) bond motifs is 2. The van der Waals surface area contributed by atoms with Crippen molar-refractivity contribution in [3.63, 3.8) is 0 Å². The summed E-state index contributed by atoms with van der Waals surface area (Å²) in [6.07, 6.45) is -2.63. The summed E-state index contributed by atoms with van der Waals surface area (Å²) in [6, 6.07) is 2.04. The molecule has 2 atom stereocenters. The molecule has 1 aromatic rings. The molecule has 2 fully saturated rings. The van der Waals surface area contributed by atoms with Gasteiger partial charge in [-0.15, -0.1) is 0 Å². The standard InChI is InChI=1S/C12H11F3N2O2/c13-12(14,15)10-2-1-7(4-16-10)11(18)17-5-9-3-8(17)6-19-9/h1-2,4,8-9H,3,5-6H2/t8-,9+/m0/s1. The molecule has 0 N–H and O–H groups in total. The smallest absolute Gasteiger partial charge is 0.374 e. The summed E-state index contributed by atoms with van der Waals surface area (Å²) in [7, 11) is 0. The van der Waals surface area contributed by atoms with Gasteiger partial charge in [0.2, 0.25) is 0 Å². The van der Waals surface area contributed by atoms with Gasteiger partial charge in [0.15, 0.2) is 0 Å². The zero-order chi connectivity index (χ0) is 13.6. The summed E-state index contributed by atoms with van der Waals surface area (Å²) < 4.78 is 42.5. The fourth-order valence-electron chi connectivity index (χ4n) is 2.50. The van der Waals surface area contributed by atoms with E-state index in [9.17, 15) is 18.0 Å². The van der Waals surface area contributed by atoms with Gasteiger partial charge in [-0.05, 0) is 18.6 Å². The Hall–Kier alpha value is -1.63. The van der Waals surface area contributed by atoms with E-state index in [4.69, 9.17) is 4.74 Å². The monoisotopic (exact) mass is 272 g/mol. The molecule has 4 nitrogen and oxygen atoms in total. The number of nitrogens with zero attached hydrogens (tertiary/aromatic N) is 2. The van der Waals surface area contributed by atoms with E-state index in [1.807, 2.05) is 0 Å². The number of amides is 1. The molecule has 0 radical (unpaired) electrons. The Balaban J connectivity index is 1.77. The van der Waals surface area contributed by atoms with E-state index in [1.165, 1.54) is 6.07 Å². The number of pyridine rings is 1. The zero-order valence-corrected chi connectivity index (χ0v) is 9.85. The summed E-state index contributed by atoms with van der Waals surface area (Å²) in [5, 5.41) is 0. The van der Waals surface area contributed by atoms with E-state index < -0.39 is 11.9 Å². The van der Waals surface area contributed by atoms with Gasteiger partial charge in [0.1, 0.15) is 5.69 Å². The van der Waals surface area contributed by atoms with Crippen LogP contribution in [0.15, 0.2) is 18.3 Å². The van der Waals surface area contributed by atoms with E-state index in [0.29, 0.717) is 13.2 Å². The van der Waals surface area contributed by atoms with Crippen LogP contribution in [-0.2, 0) is 10.9 Å². The second-order valence-electron chi connectivity index (χ2n) is 4.73. The molecule has 7 heteroatoms. The summed E-state index contributed by atoms with van der Waals surface area (Å²) in [4.78, 5) is 17.1. The lowest BCUT2D eigenvalue weighted by atomic mass is 10.2. The van der Waals surface area contributed by atoms with Crippen LogP contribution in [0.4, 0.5) is 13.2 Å². The van der Waals surface area contributed by atoms with E-state index in [1.54, 1.807) is 4.90 Å². The van der Waals surface area contributed by atoms with Crippen molar-refractivity contribution in [3.05, 3.63) is 29.6 Å². The van der Waals surface area contributed by atoms with E-state index in [-0.39, 0.29) is 23.6 Å². The molecule has 19 heavy (non-hydrogen) atoms. The van der Waals surface area contributed by atoms with Crippen molar-refractivity contribution in [3.8, 4) is 0 Å². The number of carbonyl (C=O) groups is 1. The van der Waals surface area contributed by atoms with Crippen LogP contribution in [0, 0.1) is 0 Å². The topological polar surface area (TPSA) is 42.4 Å². The Bertz CT molecular complexity index is 501. The third kappa shape index (κ3) is 2.18. The van der Waals surface area contributed by atoms with Gasteiger partial charge in [0.05, 0.1) is 24.3 Å². The van der Waals surface area contributed by atoms with Crippen molar-refractivity contribution >= 4 is 5.91 Å². The lowest BCUT2D eigenvalue weighted by Gasteiger charge is -2.26. The number of morpholine rings is 1. The molecule has 1 amide bonds. The Kier molecular flexibility index (Phi) is 2.74. The van der Waals surface area contributed by atoms with Crippen LogP contribution >= 0.6 is 0 Å². The molecule has 0 unspecified atom stereocenters. The highest BCUT2D eigenvalue weighted by Gasteiger charge is 2.41. The highest BCUT2D eigenvalue weighted by atomic mass is 19.4. The average Bonchev–Trinajstić information content (AvgIpc) is 2.99. The van der Waals surface area contributed by atoms with Crippen molar-refractivity contribution in [1.82, 2.24) is 9.88 Å². The first-order valence-corrected chi connectivity index (χ1v) is 5.91. The molecule has 3 rings (SSSR count). The van der Waals surface area contributed by atoms with Crippen molar-refractivity contribution in [1.29, 1.82) is 0 Å². The maximum absolute atomic E-state index is 12.4. The fourth-order valence-corrected chi connectivity index (χ4v) is 2.50. The molecule has 3 heterocycles. The fraction of sp³-hybridized carbons (Fsp3) is 0.500. The predicted molar refractivity (Wildman–Crippen MR) is 58.4 cm³/mol. The minimum atomic E-state index is -4.48. The minimum Gasteiger partial charge on any atom is -0.374 e. The van der Waals surface area contributed by atoms with Gasteiger partial charge >= 0.3 is 6.18 Å². The second-order valence-corrected chi connectivity index (χ2v) is 4.73. The first kappa shape index (κ1) is 12.4. The first-order valence-electron chi connectivity index (χ1n) is 5.91. The lowest BCUT2D eigenvalue weighted by Crippen LogP contribution is -2.41. The molecule has 102 valence electrons. The van der Waals surface area contributed by atoms with E-state index in [0.717, 1.165) is 18.7 Å². The average molecular weight is 272 g/mol. The first-order chi connectivity index (χ1) is 8.95. The SMILES string of the molecule is O=C(c1ccc(C(F)(F)F)nc1)N1C[C@H]2C[C@H]1CO2. The molecule has 2 aliphatic rings. The highest BCUT2D eigenvalue weighted by Crippen LogP contribution is 2.30. The molecule has 0 aromatic carbocycles. The summed E-state index contributed by atoms with van der Waals surface area (Å²) in [5.41, 5.74) is -0.809. The van der Waals surface area contributed by atoms with Crippen LogP contribution in [0.2, 0.25) is 0 Å². The summed E-state index contributed by atoms with van der Waals surface area (Å²) in [6.45, 7) is 1.01. The van der Waals surface area contributed by atoms with Crippen molar-refractivity contribution in [2.75, 3.05) is 13.2 Å². The Morgan fingerprint density at radius 3 is 2.68 bits per heavy atom. The zero-order valence-electron chi connectivity index (χ0n) is 9.85. The highest BCUT2D eigenvalue weighted by molar-refractivity contribution is 5.94. The quantitative estimate of drug-likeness (QED) is 0.781. The van der Waals surface area contributed by atoms with Crippen molar-refractivity contribution in [2.45, 2.75) is 24.7 Å². The Morgan fingerprint density at radius 1 is 1.42 bits per heavy atom. The van der Waals surface area contributed by atoms with Crippen LogP contribution < -0.4 is 0 Å². The molecule has 0 aliphatic carbocycles. The number of alkyl halides is 3. The molecule has 2 saturated heterocycles. The molecule has 2 aliphatic heterocycles. The Morgan fingerprint density at radius 2 is 2.21 bits per heavy atom. The van der Waals surface area contributed by atoms with Crippen molar-refractivity contribution in [2.24, 2.45) is 0 Å².